The molecule has 0 N–H and O–H groups in total. The summed E-state index contributed by atoms with van der Waals surface area (Å²) in [7, 11) is 1.66. The van der Waals surface area contributed by atoms with Crippen LogP contribution in [0.5, 0.6) is 5.75 Å². The van der Waals surface area contributed by atoms with Crippen LogP contribution < -0.4 is 4.74 Å². The molecular weight excluding hydrogens is 375 g/mol. The second-order valence-corrected chi connectivity index (χ2v) is 6.36. The highest BCUT2D eigenvalue weighted by molar-refractivity contribution is 14.1. The summed E-state index contributed by atoms with van der Waals surface area (Å²) in [5, 5.41) is 0. The van der Waals surface area contributed by atoms with Gasteiger partial charge in [0.25, 0.3) is 0 Å². The lowest BCUT2D eigenvalue weighted by Crippen LogP contribution is -2.09. The van der Waals surface area contributed by atoms with E-state index in [2.05, 4.69) is 60.7 Å². The van der Waals surface area contributed by atoms with Crippen molar-refractivity contribution in [3.05, 3.63) is 63.2 Å². The molecule has 3 heteroatoms. The van der Waals surface area contributed by atoms with Gasteiger partial charge in [-0.3, -0.25) is 0 Å². The Bertz CT molecular complexity index is 548. The highest BCUT2D eigenvalue weighted by Crippen LogP contribution is 2.26. The van der Waals surface area contributed by atoms with Crippen LogP contribution in [0.2, 0.25) is 0 Å². The molecule has 0 amide bonds. The van der Waals surface area contributed by atoms with Gasteiger partial charge in [0.05, 0.1) is 0 Å². The first kappa shape index (κ1) is 16.3. The van der Waals surface area contributed by atoms with Gasteiger partial charge in [-0.05, 0) is 64.8 Å². The fraction of sp³-hybridized carbons (Fsp3) is 0.333. The van der Waals surface area contributed by atoms with Crippen molar-refractivity contribution in [2.45, 2.75) is 32.5 Å². The standard InChI is InChI=1S/C18H21IO2/c1-4-13(2)14-7-11-17(12-8-14)21-18(20-3)15-5-9-16(19)10-6-15/h5-13,18H,4H2,1-3H3. The first-order chi connectivity index (χ1) is 10.1. The van der Waals surface area contributed by atoms with Crippen molar-refractivity contribution < 1.29 is 9.47 Å². The minimum absolute atomic E-state index is 0.378. The summed E-state index contributed by atoms with van der Waals surface area (Å²) < 4.78 is 12.6. The lowest BCUT2D eigenvalue weighted by atomic mass is 9.99. The maximum atomic E-state index is 5.93. The van der Waals surface area contributed by atoms with E-state index in [9.17, 15) is 0 Å². The van der Waals surface area contributed by atoms with Crippen LogP contribution in [-0.2, 0) is 4.74 Å². The third-order valence-electron chi connectivity index (χ3n) is 3.66. The van der Waals surface area contributed by atoms with Crippen LogP contribution >= 0.6 is 22.6 Å². The Labute approximate surface area is 140 Å². The maximum absolute atomic E-state index is 5.93. The summed E-state index contributed by atoms with van der Waals surface area (Å²) in [6.07, 6.45) is 0.764. The Kier molecular flexibility index (Phi) is 6.06. The molecule has 0 fully saturated rings. The Hall–Kier alpha value is -1.07. The monoisotopic (exact) mass is 396 g/mol. The van der Waals surface area contributed by atoms with Crippen LogP contribution in [-0.4, -0.2) is 7.11 Å². The van der Waals surface area contributed by atoms with Gasteiger partial charge >= 0.3 is 0 Å². The van der Waals surface area contributed by atoms with Crippen molar-refractivity contribution in [2.75, 3.05) is 7.11 Å². The number of hydrogen-bond donors (Lipinski definition) is 0. The van der Waals surface area contributed by atoms with Gasteiger partial charge in [-0.2, -0.15) is 0 Å². The molecule has 0 bridgehead atoms. The van der Waals surface area contributed by atoms with Crippen LogP contribution in [0.25, 0.3) is 0 Å². The summed E-state index contributed by atoms with van der Waals surface area (Å²) in [5.74, 6) is 1.40. The first-order valence-corrected chi connectivity index (χ1v) is 8.26. The molecule has 0 aliphatic heterocycles. The maximum Gasteiger partial charge on any atom is 0.226 e. The third-order valence-corrected chi connectivity index (χ3v) is 4.38. The first-order valence-electron chi connectivity index (χ1n) is 7.19. The molecule has 0 saturated carbocycles. The normalized spacial score (nSPS) is 13.7. The van der Waals surface area contributed by atoms with Crippen molar-refractivity contribution in [1.29, 1.82) is 0 Å². The second-order valence-electron chi connectivity index (χ2n) is 5.12. The van der Waals surface area contributed by atoms with Gasteiger partial charge < -0.3 is 9.47 Å². The second kappa shape index (κ2) is 7.80. The Morgan fingerprint density at radius 2 is 1.52 bits per heavy atom. The molecule has 0 aliphatic rings. The van der Waals surface area contributed by atoms with E-state index in [-0.39, 0.29) is 6.29 Å². The van der Waals surface area contributed by atoms with Gasteiger partial charge in [-0.1, -0.05) is 38.1 Å². The van der Waals surface area contributed by atoms with E-state index in [1.165, 1.54) is 9.13 Å². The molecule has 0 heterocycles. The van der Waals surface area contributed by atoms with Crippen LogP contribution in [0, 0.1) is 3.57 Å². The predicted octanol–water partition coefficient (Wildman–Crippen LogP) is 5.53. The molecular formula is C18H21IO2. The van der Waals surface area contributed by atoms with Crippen molar-refractivity contribution >= 4 is 22.6 Å². The van der Waals surface area contributed by atoms with Gasteiger partial charge in [0, 0.05) is 16.2 Å². The van der Waals surface area contributed by atoms with Crippen molar-refractivity contribution in [3.8, 4) is 5.75 Å². The molecule has 2 aromatic carbocycles. The summed E-state index contributed by atoms with van der Waals surface area (Å²) in [5.41, 5.74) is 2.36. The Balaban J connectivity index is 2.09. The van der Waals surface area contributed by atoms with E-state index in [1.54, 1.807) is 7.11 Å². The molecule has 2 aromatic rings. The average Bonchev–Trinajstić information content (AvgIpc) is 2.53. The molecule has 0 aromatic heterocycles. The predicted molar refractivity (Wildman–Crippen MR) is 94.7 cm³/mol. The molecule has 2 rings (SSSR count). The summed E-state index contributed by atoms with van der Waals surface area (Å²) in [6, 6.07) is 16.5. The van der Waals surface area contributed by atoms with Gasteiger partial charge in [-0.25, -0.2) is 0 Å². The van der Waals surface area contributed by atoms with Gasteiger partial charge in [0.15, 0.2) is 0 Å². The van der Waals surface area contributed by atoms with E-state index in [4.69, 9.17) is 9.47 Å². The quantitative estimate of drug-likeness (QED) is 0.472. The van der Waals surface area contributed by atoms with E-state index in [0.717, 1.165) is 17.7 Å². The van der Waals surface area contributed by atoms with E-state index in [1.807, 2.05) is 24.3 Å². The molecule has 0 aliphatic carbocycles. The largest absolute Gasteiger partial charge is 0.461 e. The smallest absolute Gasteiger partial charge is 0.226 e. The molecule has 0 saturated heterocycles. The lowest BCUT2D eigenvalue weighted by molar-refractivity contribution is -0.0562. The minimum Gasteiger partial charge on any atom is -0.461 e. The Morgan fingerprint density at radius 3 is 2.05 bits per heavy atom. The number of methoxy groups -OCH3 is 1. The molecule has 2 unspecified atom stereocenters. The van der Waals surface area contributed by atoms with Gasteiger partial charge in [0.2, 0.25) is 6.29 Å². The van der Waals surface area contributed by atoms with E-state index < -0.39 is 0 Å². The molecule has 0 spiro atoms. The highest BCUT2D eigenvalue weighted by Gasteiger charge is 2.12. The number of ether oxygens (including phenoxy) is 2. The van der Waals surface area contributed by atoms with Crippen LogP contribution in [0.15, 0.2) is 48.5 Å². The van der Waals surface area contributed by atoms with Gasteiger partial charge in [0.1, 0.15) is 5.75 Å². The van der Waals surface area contributed by atoms with Crippen molar-refractivity contribution in [3.63, 3.8) is 0 Å². The lowest BCUT2D eigenvalue weighted by Gasteiger charge is -2.18. The molecule has 21 heavy (non-hydrogen) atoms. The molecule has 112 valence electrons. The summed E-state index contributed by atoms with van der Waals surface area (Å²) in [4.78, 5) is 0. The average molecular weight is 396 g/mol. The zero-order valence-corrected chi connectivity index (χ0v) is 14.8. The third kappa shape index (κ3) is 4.45. The summed E-state index contributed by atoms with van der Waals surface area (Å²) in [6.45, 7) is 4.44. The van der Waals surface area contributed by atoms with Gasteiger partial charge in [-0.15, -0.1) is 0 Å². The molecule has 0 radical (unpaired) electrons. The van der Waals surface area contributed by atoms with Crippen LogP contribution in [0.4, 0.5) is 0 Å². The minimum atomic E-state index is -0.378. The Morgan fingerprint density at radius 1 is 0.952 bits per heavy atom. The van der Waals surface area contributed by atoms with Crippen LogP contribution in [0.3, 0.4) is 0 Å². The topological polar surface area (TPSA) is 18.5 Å². The zero-order chi connectivity index (χ0) is 15.2. The fourth-order valence-electron chi connectivity index (χ4n) is 2.11. The van der Waals surface area contributed by atoms with Crippen molar-refractivity contribution in [2.24, 2.45) is 0 Å². The SMILES string of the molecule is CCC(C)c1ccc(OC(OC)c2ccc(I)cc2)cc1. The van der Waals surface area contributed by atoms with E-state index >= 15 is 0 Å². The zero-order valence-electron chi connectivity index (χ0n) is 12.7. The van der Waals surface area contributed by atoms with Crippen molar-refractivity contribution in [1.82, 2.24) is 0 Å². The number of halogens is 1. The summed E-state index contributed by atoms with van der Waals surface area (Å²) >= 11 is 2.29. The number of hydrogen-bond acceptors (Lipinski definition) is 2. The van der Waals surface area contributed by atoms with E-state index in [0.29, 0.717) is 5.92 Å². The molecule has 2 atom stereocenters. The number of benzene rings is 2. The highest BCUT2D eigenvalue weighted by atomic mass is 127. The molecule has 2 nitrogen and oxygen atoms in total. The fourth-order valence-corrected chi connectivity index (χ4v) is 2.47. The van der Waals surface area contributed by atoms with Crippen LogP contribution in [0.1, 0.15) is 43.6 Å². The number of rotatable bonds is 6.